The van der Waals surface area contributed by atoms with Crippen LogP contribution in [0.5, 0.6) is 5.75 Å². The summed E-state index contributed by atoms with van der Waals surface area (Å²) >= 11 is 0. The molecule has 6 heteroatoms. The van der Waals surface area contributed by atoms with Gasteiger partial charge in [-0.05, 0) is 61.1 Å². The van der Waals surface area contributed by atoms with Crippen molar-refractivity contribution in [2.24, 2.45) is 5.92 Å². The van der Waals surface area contributed by atoms with Crippen molar-refractivity contribution in [2.75, 3.05) is 26.7 Å². The zero-order chi connectivity index (χ0) is 21.6. The second-order valence-corrected chi connectivity index (χ2v) is 8.80. The SMILES string of the molecule is C=CCN1CCC2(c3cccc(OC)c3)Cc3[nH]c4cccc([N+](=O)[O-])c4c3CC2C1. The molecule has 2 heterocycles. The Morgan fingerprint density at radius 2 is 2.19 bits per heavy atom. The van der Waals surface area contributed by atoms with Crippen molar-refractivity contribution in [3.8, 4) is 5.75 Å². The Bertz CT molecular complexity index is 1170. The van der Waals surface area contributed by atoms with Gasteiger partial charge in [-0.3, -0.25) is 15.0 Å². The number of nitro benzene ring substituents is 1. The molecule has 5 rings (SSSR count). The highest BCUT2D eigenvalue weighted by molar-refractivity contribution is 5.93. The minimum Gasteiger partial charge on any atom is -0.497 e. The van der Waals surface area contributed by atoms with Crippen LogP contribution >= 0.6 is 0 Å². The van der Waals surface area contributed by atoms with Gasteiger partial charge in [0.15, 0.2) is 0 Å². The van der Waals surface area contributed by atoms with Crippen LogP contribution in [0.25, 0.3) is 10.9 Å². The highest BCUT2D eigenvalue weighted by atomic mass is 16.6. The number of aromatic amines is 1. The molecule has 0 bridgehead atoms. The maximum atomic E-state index is 11.7. The average Bonchev–Trinajstić information content (AvgIpc) is 3.14. The van der Waals surface area contributed by atoms with Crippen LogP contribution in [-0.4, -0.2) is 41.6 Å². The molecular formula is C25H27N3O3. The van der Waals surface area contributed by atoms with E-state index in [-0.39, 0.29) is 16.0 Å². The number of nitrogens with zero attached hydrogens (tertiary/aromatic N) is 2. The summed E-state index contributed by atoms with van der Waals surface area (Å²) in [5.41, 5.74) is 4.60. The monoisotopic (exact) mass is 417 g/mol. The number of rotatable bonds is 5. The molecule has 1 fully saturated rings. The molecule has 3 aromatic rings. The number of likely N-dealkylation sites (tertiary alicyclic amines) is 1. The van der Waals surface area contributed by atoms with Gasteiger partial charge in [0.2, 0.25) is 0 Å². The van der Waals surface area contributed by atoms with Crippen LogP contribution in [0, 0.1) is 16.0 Å². The number of nitrogens with one attached hydrogen (secondary N) is 1. The molecule has 0 spiro atoms. The van der Waals surface area contributed by atoms with E-state index in [2.05, 4.69) is 34.7 Å². The van der Waals surface area contributed by atoms with Crippen molar-refractivity contribution in [1.82, 2.24) is 9.88 Å². The van der Waals surface area contributed by atoms with Crippen LogP contribution in [0.2, 0.25) is 0 Å². The second-order valence-electron chi connectivity index (χ2n) is 8.80. The minimum absolute atomic E-state index is 0.0190. The Kier molecular flexibility index (Phi) is 4.82. The van der Waals surface area contributed by atoms with Crippen molar-refractivity contribution in [1.29, 1.82) is 0 Å². The molecule has 31 heavy (non-hydrogen) atoms. The van der Waals surface area contributed by atoms with E-state index in [9.17, 15) is 10.1 Å². The lowest BCUT2D eigenvalue weighted by Crippen LogP contribution is -2.53. The summed E-state index contributed by atoms with van der Waals surface area (Å²) in [6, 6.07) is 13.8. The summed E-state index contributed by atoms with van der Waals surface area (Å²) in [7, 11) is 1.71. The number of aromatic nitrogens is 1. The third kappa shape index (κ3) is 3.13. The summed E-state index contributed by atoms with van der Waals surface area (Å²) in [6.07, 6.45) is 4.68. The number of methoxy groups -OCH3 is 1. The maximum absolute atomic E-state index is 11.7. The van der Waals surface area contributed by atoms with Crippen LogP contribution < -0.4 is 4.74 Å². The number of piperidine rings is 1. The average molecular weight is 418 g/mol. The van der Waals surface area contributed by atoms with E-state index in [1.165, 1.54) is 5.56 Å². The molecule has 0 amide bonds. The third-order valence-electron chi connectivity index (χ3n) is 7.30. The number of ether oxygens (including phenoxy) is 1. The van der Waals surface area contributed by atoms with Crippen LogP contribution in [0.1, 0.15) is 23.2 Å². The molecule has 1 aromatic heterocycles. The van der Waals surface area contributed by atoms with Crippen molar-refractivity contribution >= 4 is 16.6 Å². The van der Waals surface area contributed by atoms with E-state index in [1.807, 2.05) is 18.2 Å². The summed E-state index contributed by atoms with van der Waals surface area (Å²) in [4.78, 5) is 17.5. The smallest absolute Gasteiger partial charge is 0.279 e. The zero-order valence-electron chi connectivity index (χ0n) is 17.8. The van der Waals surface area contributed by atoms with E-state index in [4.69, 9.17) is 4.74 Å². The van der Waals surface area contributed by atoms with Crippen LogP contribution in [0.4, 0.5) is 5.69 Å². The molecule has 2 aromatic carbocycles. The molecule has 1 aliphatic carbocycles. The van der Waals surface area contributed by atoms with Gasteiger partial charge in [0.25, 0.3) is 5.69 Å². The first-order chi connectivity index (χ1) is 15.1. The highest BCUT2D eigenvalue weighted by Gasteiger charge is 2.48. The number of hydrogen-bond acceptors (Lipinski definition) is 4. The number of H-pyrrole nitrogens is 1. The van der Waals surface area contributed by atoms with Crippen molar-refractivity contribution < 1.29 is 9.66 Å². The molecule has 0 saturated carbocycles. The largest absolute Gasteiger partial charge is 0.497 e. The Hall–Kier alpha value is -3.12. The Morgan fingerprint density at radius 3 is 2.97 bits per heavy atom. The van der Waals surface area contributed by atoms with Gasteiger partial charge in [-0.15, -0.1) is 6.58 Å². The van der Waals surface area contributed by atoms with E-state index in [0.717, 1.165) is 66.8 Å². The van der Waals surface area contributed by atoms with Crippen LogP contribution in [0.15, 0.2) is 55.1 Å². The van der Waals surface area contributed by atoms with Crippen LogP contribution in [0.3, 0.4) is 0 Å². The molecule has 2 atom stereocenters. The van der Waals surface area contributed by atoms with E-state index < -0.39 is 0 Å². The number of nitro groups is 1. The lowest BCUT2D eigenvalue weighted by atomic mass is 9.58. The normalized spacial score (nSPS) is 23.2. The van der Waals surface area contributed by atoms with E-state index in [1.54, 1.807) is 19.2 Å². The summed E-state index contributed by atoms with van der Waals surface area (Å²) in [6.45, 7) is 6.75. The fraction of sp³-hybridized carbons (Fsp3) is 0.360. The number of fused-ring (bicyclic) bond motifs is 4. The fourth-order valence-corrected chi connectivity index (χ4v) is 5.84. The number of non-ortho nitro benzene ring substituents is 1. The quantitative estimate of drug-likeness (QED) is 0.373. The number of hydrogen-bond donors (Lipinski definition) is 1. The molecular weight excluding hydrogens is 390 g/mol. The zero-order valence-corrected chi connectivity index (χ0v) is 17.8. The molecule has 2 unspecified atom stereocenters. The van der Waals surface area contributed by atoms with E-state index in [0.29, 0.717) is 5.92 Å². The van der Waals surface area contributed by atoms with Crippen molar-refractivity contribution in [3.05, 3.63) is 82.1 Å². The first-order valence-electron chi connectivity index (χ1n) is 10.8. The minimum atomic E-state index is -0.259. The second kappa shape index (κ2) is 7.54. The summed E-state index contributed by atoms with van der Waals surface area (Å²) in [5, 5.41) is 12.5. The molecule has 1 aliphatic heterocycles. The topological polar surface area (TPSA) is 71.4 Å². The highest BCUT2D eigenvalue weighted by Crippen LogP contribution is 2.50. The van der Waals surface area contributed by atoms with Gasteiger partial charge in [0, 0.05) is 30.3 Å². The number of benzene rings is 2. The lowest BCUT2D eigenvalue weighted by Gasteiger charge is -2.51. The molecule has 160 valence electrons. The first-order valence-corrected chi connectivity index (χ1v) is 10.8. The predicted molar refractivity (Wildman–Crippen MR) is 122 cm³/mol. The van der Waals surface area contributed by atoms with Crippen molar-refractivity contribution in [2.45, 2.75) is 24.7 Å². The Labute approximate surface area is 181 Å². The molecule has 0 radical (unpaired) electrons. The predicted octanol–water partition coefficient (Wildman–Crippen LogP) is 4.63. The molecule has 1 N–H and O–H groups in total. The third-order valence-corrected chi connectivity index (χ3v) is 7.30. The van der Waals surface area contributed by atoms with E-state index >= 15 is 0 Å². The van der Waals surface area contributed by atoms with Gasteiger partial charge in [-0.2, -0.15) is 0 Å². The fourth-order valence-electron chi connectivity index (χ4n) is 5.84. The molecule has 6 nitrogen and oxygen atoms in total. The molecule has 1 saturated heterocycles. The van der Waals surface area contributed by atoms with Gasteiger partial charge in [0.05, 0.1) is 22.9 Å². The van der Waals surface area contributed by atoms with Gasteiger partial charge in [0.1, 0.15) is 5.75 Å². The Balaban J connectivity index is 1.66. The maximum Gasteiger partial charge on any atom is 0.279 e. The lowest BCUT2D eigenvalue weighted by molar-refractivity contribution is -0.383. The van der Waals surface area contributed by atoms with Gasteiger partial charge in [-0.25, -0.2) is 0 Å². The Morgan fingerprint density at radius 1 is 1.35 bits per heavy atom. The van der Waals surface area contributed by atoms with Gasteiger partial charge in [-0.1, -0.05) is 24.3 Å². The standard InChI is InChI=1S/C25H27N3O3/c1-3-11-27-12-10-25(17-6-4-7-19(13-17)31-2)15-22-20(14-18(25)16-27)24-21(26-22)8-5-9-23(24)28(29)30/h3-9,13,18,26H,1,10-12,14-16H2,2H3. The van der Waals surface area contributed by atoms with Gasteiger partial charge < -0.3 is 9.72 Å². The van der Waals surface area contributed by atoms with Crippen molar-refractivity contribution in [3.63, 3.8) is 0 Å². The summed E-state index contributed by atoms with van der Waals surface area (Å²) < 4.78 is 5.53. The molecule has 2 aliphatic rings. The van der Waals surface area contributed by atoms with Crippen LogP contribution in [-0.2, 0) is 18.3 Å². The van der Waals surface area contributed by atoms with Gasteiger partial charge >= 0.3 is 0 Å². The first kappa shape index (κ1) is 19.8. The summed E-state index contributed by atoms with van der Waals surface area (Å²) in [5.74, 6) is 1.23.